The standard InChI is InChI=1S/C12H23NO/c1-2-9-3-4-10(7-9)13-11-5-6-12(14)8-11/h9-14H,2-8H2,1H3/t9?,10?,11-,12+/m0/s1. The number of nitrogens with one attached hydrogen (secondary N) is 1. The molecule has 2 heteroatoms. The van der Waals surface area contributed by atoms with Crippen molar-refractivity contribution in [3.63, 3.8) is 0 Å². The molecule has 0 amide bonds. The van der Waals surface area contributed by atoms with Crippen molar-refractivity contribution in [1.82, 2.24) is 5.32 Å². The number of aliphatic hydroxyl groups excluding tert-OH is 1. The Morgan fingerprint density at radius 2 is 1.79 bits per heavy atom. The maximum Gasteiger partial charge on any atom is 0.0555 e. The zero-order valence-electron chi connectivity index (χ0n) is 9.21. The van der Waals surface area contributed by atoms with Crippen molar-refractivity contribution in [3.8, 4) is 0 Å². The van der Waals surface area contributed by atoms with E-state index in [0.29, 0.717) is 6.04 Å². The summed E-state index contributed by atoms with van der Waals surface area (Å²) in [6.07, 6.45) is 8.59. The molecule has 2 nitrogen and oxygen atoms in total. The van der Waals surface area contributed by atoms with Crippen LogP contribution < -0.4 is 5.32 Å². The number of rotatable bonds is 3. The number of hydrogen-bond donors (Lipinski definition) is 2. The summed E-state index contributed by atoms with van der Waals surface area (Å²) in [7, 11) is 0. The van der Waals surface area contributed by atoms with Crippen LogP contribution in [0.25, 0.3) is 0 Å². The summed E-state index contributed by atoms with van der Waals surface area (Å²) in [6, 6.07) is 1.35. The molecule has 0 radical (unpaired) electrons. The Hall–Kier alpha value is -0.0800. The second kappa shape index (κ2) is 4.63. The maximum atomic E-state index is 9.43. The van der Waals surface area contributed by atoms with E-state index < -0.39 is 0 Å². The normalized spacial score (nSPS) is 43.3. The van der Waals surface area contributed by atoms with Gasteiger partial charge in [-0.1, -0.05) is 13.3 Å². The molecule has 0 aromatic rings. The molecule has 2 unspecified atom stereocenters. The van der Waals surface area contributed by atoms with Crippen LogP contribution in [0.4, 0.5) is 0 Å². The Bertz CT molecular complexity index is 183. The van der Waals surface area contributed by atoms with Crippen molar-refractivity contribution in [2.45, 2.75) is 70.1 Å². The summed E-state index contributed by atoms with van der Waals surface area (Å²) in [4.78, 5) is 0. The van der Waals surface area contributed by atoms with Gasteiger partial charge in [0.1, 0.15) is 0 Å². The minimum atomic E-state index is -0.0316. The average Bonchev–Trinajstić information content (AvgIpc) is 2.76. The molecule has 2 aliphatic carbocycles. The molecule has 2 N–H and O–H groups in total. The Morgan fingerprint density at radius 1 is 1.07 bits per heavy atom. The highest BCUT2D eigenvalue weighted by molar-refractivity contribution is 4.87. The van der Waals surface area contributed by atoms with E-state index in [1.165, 1.54) is 32.1 Å². The van der Waals surface area contributed by atoms with E-state index in [9.17, 15) is 5.11 Å². The average molecular weight is 197 g/mol. The van der Waals surface area contributed by atoms with Gasteiger partial charge in [-0.15, -0.1) is 0 Å². The second-order valence-electron chi connectivity index (χ2n) is 5.11. The molecule has 82 valence electrons. The predicted molar refractivity (Wildman–Crippen MR) is 58.2 cm³/mol. The lowest BCUT2D eigenvalue weighted by molar-refractivity contribution is 0.178. The van der Waals surface area contributed by atoms with Crippen molar-refractivity contribution in [2.75, 3.05) is 0 Å². The van der Waals surface area contributed by atoms with E-state index in [1.807, 2.05) is 0 Å². The minimum absolute atomic E-state index is 0.0316. The molecule has 0 aliphatic heterocycles. The van der Waals surface area contributed by atoms with Crippen LogP contribution in [0.1, 0.15) is 51.9 Å². The lowest BCUT2D eigenvalue weighted by Gasteiger charge is -2.18. The molecule has 0 aromatic heterocycles. The van der Waals surface area contributed by atoms with Gasteiger partial charge in [0.2, 0.25) is 0 Å². The first-order valence-electron chi connectivity index (χ1n) is 6.22. The van der Waals surface area contributed by atoms with Crippen LogP contribution in [0, 0.1) is 5.92 Å². The fourth-order valence-electron chi connectivity index (χ4n) is 3.04. The van der Waals surface area contributed by atoms with Gasteiger partial charge < -0.3 is 10.4 Å². The van der Waals surface area contributed by atoms with E-state index >= 15 is 0 Å². The van der Waals surface area contributed by atoms with Crippen LogP contribution in [0.2, 0.25) is 0 Å². The van der Waals surface area contributed by atoms with Gasteiger partial charge in [0.15, 0.2) is 0 Å². The monoisotopic (exact) mass is 197 g/mol. The van der Waals surface area contributed by atoms with Crippen LogP contribution in [-0.2, 0) is 0 Å². The third kappa shape index (κ3) is 2.48. The van der Waals surface area contributed by atoms with Crippen LogP contribution in [0.15, 0.2) is 0 Å². The molecule has 0 heterocycles. The fourth-order valence-corrected chi connectivity index (χ4v) is 3.04. The maximum absolute atomic E-state index is 9.43. The van der Waals surface area contributed by atoms with E-state index in [-0.39, 0.29) is 6.10 Å². The lowest BCUT2D eigenvalue weighted by atomic mass is 10.1. The summed E-state index contributed by atoms with van der Waals surface area (Å²) in [5, 5.41) is 13.1. The van der Waals surface area contributed by atoms with Gasteiger partial charge >= 0.3 is 0 Å². The Balaban J connectivity index is 1.71. The lowest BCUT2D eigenvalue weighted by Crippen LogP contribution is -2.35. The first-order chi connectivity index (χ1) is 6.78. The van der Waals surface area contributed by atoms with Crippen molar-refractivity contribution < 1.29 is 5.11 Å². The number of aliphatic hydroxyl groups is 1. The molecule has 2 aliphatic rings. The van der Waals surface area contributed by atoms with Gasteiger partial charge in [0.05, 0.1) is 6.10 Å². The van der Waals surface area contributed by atoms with Crippen LogP contribution in [-0.4, -0.2) is 23.3 Å². The molecule has 0 bridgehead atoms. The zero-order chi connectivity index (χ0) is 9.97. The van der Waals surface area contributed by atoms with E-state index in [2.05, 4.69) is 12.2 Å². The molecule has 0 aromatic carbocycles. The van der Waals surface area contributed by atoms with Crippen molar-refractivity contribution in [2.24, 2.45) is 5.92 Å². The third-order valence-corrected chi connectivity index (χ3v) is 3.99. The van der Waals surface area contributed by atoms with E-state index in [4.69, 9.17) is 0 Å². The van der Waals surface area contributed by atoms with Crippen molar-refractivity contribution in [1.29, 1.82) is 0 Å². The molecule has 2 rings (SSSR count). The first kappa shape index (κ1) is 10.4. The molecular weight excluding hydrogens is 174 g/mol. The highest BCUT2D eigenvalue weighted by atomic mass is 16.3. The van der Waals surface area contributed by atoms with Crippen LogP contribution >= 0.6 is 0 Å². The smallest absolute Gasteiger partial charge is 0.0555 e. The quantitative estimate of drug-likeness (QED) is 0.726. The van der Waals surface area contributed by atoms with Gasteiger partial charge in [-0.2, -0.15) is 0 Å². The zero-order valence-corrected chi connectivity index (χ0v) is 9.21. The Labute approximate surface area is 87.1 Å². The summed E-state index contributed by atoms with van der Waals surface area (Å²) >= 11 is 0. The van der Waals surface area contributed by atoms with E-state index in [1.54, 1.807) is 0 Å². The van der Waals surface area contributed by atoms with Crippen molar-refractivity contribution in [3.05, 3.63) is 0 Å². The second-order valence-corrected chi connectivity index (χ2v) is 5.11. The Morgan fingerprint density at radius 3 is 2.36 bits per heavy atom. The molecule has 2 saturated carbocycles. The molecule has 0 saturated heterocycles. The minimum Gasteiger partial charge on any atom is -0.393 e. The summed E-state index contributed by atoms with van der Waals surface area (Å²) in [6.45, 7) is 2.30. The van der Waals surface area contributed by atoms with Gasteiger partial charge in [-0.05, 0) is 44.4 Å². The summed E-state index contributed by atoms with van der Waals surface area (Å²) in [5.41, 5.74) is 0. The summed E-state index contributed by atoms with van der Waals surface area (Å²) < 4.78 is 0. The SMILES string of the molecule is CCC1CCC(N[C@H]2CC[C@@H](O)C2)C1. The molecule has 14 heavy (non-hydrogen) atoms. The highest BCUT2D eigenvalue weighted by Crippen LogP contribution is 2.29. The Kier molecular flexibility index (Phi) is 3.45. The van der Waals surface area contributed by atoms with Crippen LogP contribution in [0.5, 0.6) is 0 Å². The molecule has 4 atom stereocenters. The predicted octanol–water partition coefficient (Wildman–Crippen LogP) is 2.07. The van der Waals surface area contributed by atoms with Gasteiger partial charge in [-0.3, -0.25) is 0 Å². The van der Waals surface area contributed by atoms with Gasteiger partial charge in [0.25, 0.3) is 0 Å². The summed E-state index contributed by atoms with van der Waals surface area (Å²) in [5.74, 6) is 0.957. The topological polar surface area (TPSA) is 32.3 Å². The first-order valence-corrected chi connectivity index (χ1v) is 6.22. The fraction of sp³-hybridized carbons (Fsp3) is 1.00. The third-order valence-electron chi connectivity index (χ3n) is 3.99. The largest absolute Gasteiger partial charge is 0.393 e. The van der Waals surface area contributed by atoms with Crippen LogP contribution in [0.3, 0.4) is 0 Å². The van der Waals surface area contributed by atoms with Crippen molar-refractivity contribution >= 4 is 0 Å². The molecule has 2 fully saturated rings. The molecular formula is C12H23NO. The van der Waals surface area contributed by atoms with E-state index in [0.717, 1.165) is 24.8 Å². The highest BCUT2D eigenvalue weighted by Gasteiger charge is 2.28. The van der Waals surface area contributed by atoms with Gasteiger partial charge in [-0.25, -0.2) is 0 Å². The molecule has 0 spiro atoms. The van der Waals surface area contributed by atoms with Gasteiger partial charge in [0, 0.05) is 12.1 Å². The number of hydrogen-bond acceptors (Lipinski definition) is 2.